The third-order valence-electron chi connectivity index (χ3n) is 1.37. The Hall–Kier alpha value is -0.910. The van der Waals surface area contributed by atoms with E-state index in [-0.39, 0.29) is 0 Å². The monoisotopic (exact) mass is 274 g/mol. The van der Waals surface area contributed by atoms with Crippen LogP contribution < -0.4 is 5.73 Å². The van der Waals surface area contributed by atoms with Crippen molar-refractivity contribution in [3.8, 4) is 0 Å². The number of benzene rings is 1. The van der Waals surface area contributed by atoms with Gasteiger partial charge in [0.1, 0.15) is 0 Å². The van der Waals surface area contributed by atoms with E-state index in [0.717, 1.165) is 11.0 Å². The Kier molecular flexibility index (Phi) is 6.94. The fourth-order valence-corrected chi connectivity index (χ4v) is 1.21. The summed E-state index contributed by atoms with van der Waals surface area (Å²) in [7, 11) is 1.29. The first-order chi connectivity index (χ1) is 7.02. The Morgan fingerprint density at radius 1 is 1.60 bits per heavy atom. The largest absolute Gasteiger partial charge is 0.331 e. The Morgan fingerprint density at radius 2 is 2.13 bits per heavy atom. The lowest BCUT2D eigenvalue weighted by Gasteiger charge is -2.07. The molecule has 1 amide bonds. The molecule has 0 fully saturated rings. The molecule has 0 heterocycles. The SMILES string of the molecule is CCN.CN(O)C(=O)c1cccc(Br)c1. The molecule has 0 aliphatic carbocycles. The lowest BCUT2D eigenvalue weighted by molar-refractivity contribution is -0.0374. The summed E-state index contributed by atoms with van der Waals surface area (Å²) in [5, 5.41) is 9.39. The lowest BCUT2D eigenvalue weighted by Crippen LogP contribution is -2.22. The molecule has 0 atom stereocenters. The van der Waals surface area contributed by atoms with Crippen LogP contribution in [0.15, 0.2) is 28.7 Å². The minimum absolute atomic E-state index is 0.420. The lowest BCUT2D eigenvalue weighted by atomic mass is 10.2. The van der Waals surface area contributed by atoms with Crippen molar-refractivity contribution in [2.24, 2.45) is 5.73 Å². The van der Waals surface area contributed by atoms with Crippen molar-refractivity contribution in [3.63, 3.8) is 0 Å². The summed E-state index contributed by atoms with van der Waals surface area (Å²) in [6.07, 6.45) is 0. The predicted octanol–water partition coefficient (Wildman–Crippen LogP) is 1.88. The van der Waals surface area contributed by atoms with Crippen LogP contribution in [0.2, 0.25) is 0 Å². The molecule has 0 bridgehead atoms. The first-order valence-electron chi connectivity index (χ1n) is 4.45. The van der Waals surface area contributed by atoms with Gasteiger partial charge in [-0.1, -0.05) is 28.9 Å². The van der Waals surface area contributed by atoms with Crippen LogP contribution in [-0.4, -0.2) is 29.8 Å². The van der Waals surface area contributed by atoms with Gasteiger partial charge in [-0.05, 0) is 24.7 Å². The first kappa shape index (κ1) is 14.1. The number of rotatable bonds is 1. The Balaban J connectivity index is 0.000000583. The maximum absolute atomic E-state index is 11.2. The molecule has 0 saturated heterocycles. The summed E-state index contributed by atoms with van der Waals surface area (Å²) in [5.41, 5.74) is 5.30. The highest BCUT2D eigenvalue weighted by atomic mass is 79.9. The van der Waals surface area contributed by atoms with E-state index < -0.39 is 5.91 Å². The zero-order valence-electron chi connectivity index (χ0n) is 8.77. The van der Waals surface area contributed by atoms with Crippen LogP contribution in [0, 0.1) is 0 Å². The van der Waals surface area contributed by atoms with Crippen molar-refractivity contribution < 1.29 is 10.0 Å². The topological polar surface area (TPSA) is 66.6 Å². The molecule has 3 N–H and O–H groups in total. The zero-order valence-corrected chi connectivity index (χ0v) is 10.4. The van der Waals surface area contributed by atoms with Gasteiger partial charge < -0.3 is 5.73 Å². The van der Waals surface area contributed by atoms with Crippen molar-refractivity contribution >= 4 is 21.8 Å². The van der Waals surface area contributed by atoms with Crippen LogP contribution in [-0.2, 0) is 0 Å². The number of nitrogens with zero attached hydrogens (tertiary/aromatic N) is 1. The van der Waals surface area contributed by atoms with E-state index in [1.807, 2.05) is 13.0 Å². The van der Waals surface area contributed by atoms with Gasteiger partial charge in [-0.15, -0.1) is 0 Å². The molecule has 0 radical (unpaired) electrons. The number of amides is 1. The molecule has 1 aromatic rings. The van der Waals surface area contributed by atoms with E-state index in [9.17, 15) is 4.79 Å². The average Bonchev–Trinajstić information content (AvgIpc) is 2.17. The number of hydrogen-bond acceptors (Lipinski definition) is 3. The van der Waals surface area contributed by atoms with Gasteiger partial charge in [-0.25, -0.2) is 5.06 Å². The summed E-state index contributed by atoms with van der Waals surface area (Å²) < 4.78 is 0.815. The van der Waals surface area contributed by atoms with Crippen LogP contribution in [0.4, 0.5) is 0 Å². The van der Waals surface area contributed by atoms with E-state index in [1.165, 1.54) is 7.05 Å². The minimum Gasteiger partial charge on any atom is -0.331 e. The van der Waals surface area contributed by atoms with Crippen molar-refractivity contribution in [2.45, 2.75) is 6.92 Å². The summed E-state index contributed by atoms with van der Waals surface area (Å²) in [5.74, 6) is -0.420. The highest BCUT2D eigenvalue weighted by Crippen LogP contribution is 2.12. The third-order valence-corrected chi connectivity index (χ3v) is 1.86. The molecule has 0 aromatic heterocycles. The molecule has 1 aromatic carbocycles. The second kappa shape index (κ2) is 7.39. The maximum atomic E-state index is 11.2. The van der Waals surface area contributed by atoms with Crippen LogP contribution >= 0.6 is 15.9 Å². The molecule has 84 valence electrons. The van der Waals surface area contributed by atoms with E-state index >= 15 is 0 Å². The fourth-order valence-electron chi connectivity index (χ4n) is 0.808. The highest BCUT2D eigenvalue weighted by molar-refractivity contribution is 9.10. The van der Waals surface area contributed by atoms with E-state index in [1.54, 1.807) is 18.2 Å². The van der Waals surface area contributed by atoms with Gasteiger partial charge in [0, 0.05) is 17.1 Å². The maximum Gasteiger partial charge on any atom is 0.276 e. The number of hydroxylamine groups is 2. The van der Waals surface area contributed by atoms with E-state index in [4.69, 9.17) is 10.9 Å². The minimum atomic E-state index is -0.420. The quantitative estimate of drug-likeness (QED) is 0.607. The number of hydrogen-bond donors (Lipinski definition) is 2. The van der Waals surface area contributed by atoms with Gasteiger partial charge in [-0.2, -0.15) is 0 Å². The standard InChI is InChI=1S/C8H8BrNO2.C2H7N/c1-10(12)8(11)6-3-2-4-7(9)5-6;1-2-3/h2-5,12H,1H3;2-3H2,1H3. The van der Waals surface area contributed by atoms with Crippen molar-refractivity contribution in [2.75, 3.05) is 13.6 Å². The molecule has 0 spiro atoms. The molecule has 15 heavy (non-hydrogen) atoms. The van der Waals surface area contributed by atoms with Crippen molar-refractivity contribution in [1.82, 2.24) is 5.06 Å². The number of halogens is 1. The molecule has 0 saturated carbocycles. The van der Waals surface area contributed by atoms with Crippen molar-refractivity contribution in [1.29, 1.82) is 0 Å². The third kappa shape index (κ3) is 5.51. The smallest absolute Gasteiger partial charge is 0.276 e. The van der Waals surface area contributed by atoms with Gasteiger partial charge in [0.15, 0.2) is 0 Å². The zero-order chi connectivity index (χ0) is 11.8. The number of carbonyl (C=O) groups is 1. The summed E-state index contributed by atoms with van der Waals surface area (Å²) in [4.78, 5) is 11.2. The summed E-state index contributed by atoms with van der Waals surface area (Å²) in [6, 6.07) is 6.84. The number of carbonyl (C=O) groups excluding carboxylic acids is 1. The van der Waals surface area contributed by atoms with Crippen LogP contribution in [0.1, 0.15) is 17.3 Å². The Bertz CT molecular complexity index is 316. The van der Waals surface area contributed by atoms with Crippen molar-refractivity contribution in [3.05, 3.63) is 34.3 Å². The van der Waals surface area contributed by atoms with Gasteiger partial charge in [0.05, 0.1) is 0 Å². The Labute approximate surface area is 97.8 Å². The van der Waals surface area contributed by atoms with Crippen LogP contribution in [0.5, 0.6) is 0 Å². The molecule has 4 nitrogen and oxygen atoms in total. The summed E-state index contributed by atoms with van der Waals surface area (Å²) in [6.45, 7) is 2.65. The second-order valence-corrected chi connectivity index (χ2v) is 3.66. The second-order valence-electron chi connectivity index (χ2n) is 2.75. The van der Waals surface area contributed by atoms with Gasteiger partial charge in [0.2, 0.25) is 0 Å². The normalized spacial score (nSPS) is 8.87. The molecule has 5 heteroatoms. The van der Waals surface area contributed by atoms with E-state index in [0.29, 0.717) is 10.6 Å². The first-order valence-corrected chi connectivity index (χ1v) is 5.24. The van der Waals surface area contributed by atoms with Crippen LogP contribution in [0.3, 0.4) is 0 Å². The molecule has 0 unspecified atom stereocenters. The molecular formula is C10H15BrN2O2. The predicted molar refractivity (Wildman–Crippen MR) is 62.8 cm³/mol. The Morgan fingerprint density at radius 3 is 2.53 bits per heavy atom. The molecule has 0 aliphatic heterocycles. The molecule has 1 rings (SSSR count). The average molecular weight is 275 g/mol. The van der Waals surface area contributed by atoms with E-state index in [2.05, 4.69) is 15.9 Å². The molecule has 0 aliphatic rings. The molecular weight excluding hydrogens is 260 g/mol. The van der Waals surface area contributed by atoms with Crippen LogP contribution in [0.25, 0.3) is 0 Å². The van der Waals surface area contributed by atoms with Gasteiger partial charge in [0.25, 0.3) is 5.91 Å². The van der Waals surface area contributed by atoms with Gasteiger partial charge >= 0.3 is 0 Å². The van der Waals surface area contributed by atoms with Gasteiger partial charge in [-0.3, -0.25) is 10.0 Å². The number of nitrogens with two attached hydrogens (primary N) is 1. The summed E-state index contributed by atoms with van der Waals surface area (Å²) >= 11 is 3.23. The fraction of sp³-hybridized carbons (Fsp3) is 0.300. The highest BCUT2D eigenvalue weighted by Gasteiger charge is 2.08.